The zero-order valence-electron chi connectivity index (χ0n) is 17.5. The fourth-order valence-corrected chi connectivity index (χ4v) is 4.49. The third-order valence-corrected chi connectivity index (χ3v) is 6.32. The molecule has 10 nitrogen and oxygen atoms in total. The first-order valence-electron chi connectivity index (χ1n) is 10.5. The van der Waals surface area contributed by atoms with Crippen molar-refractivity contribution in [3.8, 4) is 0 Å². The van der Waals surface area contributed by atoms with Gasteiger partial charge in [-0.15, -0.1) is 0 Å². The van der Waals surface area contributed by atoms with Gasteiger partial charge < -0.3 is 26.0 Å². The predicted molar refractivity (Wildman–Crippen MR) is 115 cm³/mol. The van der Waals surface area contributed by atoms with Gasteiger partial charge >= 0.3 is 0 Å². The molecule has 0 aliphatic carbocycles. The second kappa shape index (κ2) is 7.65. The van der Waals surface area contributed by atoms with Crippen molar-refractivity contribution in [3.63, 3.8) is 0 Å². The second-order valence-corrected chi connectivity index (χ2v) is 8.58. The highest BCUT2D eigenvalue weighted by atomic mass is 19.1. The number of ether oxygens (including phenoxy) is 1. The van der Waals surface area contributed by atoms with Crippen molar-refractivity contribution < 1.29 is 13.9 Å². The van der Waals surface area contributed by atoms with Crippen LogP contribution in [0, 0.1) is 0 Å². The molecule has 5 rings (SSSR count). The molecule has 3 aliphatic heterocycles. The van der Waals surface area contributed by atoms with Crippen LogP contribution in [0.15, 0.2) is 18.5 Å². The van der Waals surface area contributed by atoms with E-state index < -0.39 is 12.1 Å². The summed E-state index contributed by atoms with van der Waals surface area (Å²) in [4.78, 5) is 22.0. The lowest BCUT2D eigenvalue weighted by Crippen LogP contribution is -2.64. The molecular weight excluding hydrogens is 403 g/mol. The number of fused-ring (bicyclic) bond motifs is 1. The van der Waals surface area contributed by atoms with E-state index in [1.807, 2.05) is 6.07 Å². The molecule has 0 saturated carbocycles. The number of hydrogen-bond donors (Lipinski definition) is 3. The smallest absolute Gasteiger partial charge is 0.263 e. The first-order valence-corrected chi connectivity index (χ1v) is 10.5. The average molecular weight is 430 g/mol. The van der Waals surface area contributed by atoms with Crippen LogP contribution in [0.4, 0.5) is 27.4 Å². The van der Waals surface area contributed by atoms with Crippen molar-refractivity contribution >= 4 is 28.9 Å². The highest BCUT2D eigenvalue weighted by molar-refractivity contribution is 6.11. The Morgan fingerprint density at radius 3 is 2.84 bits per heavy atom. The number of hydrogen-bond acceptors (Lipinski definition) is 8. The lowest BCUT2D eigenvalue weighted by Gasteiger charge is -2.50. The van der Waals surface area contributed by atoms with E-state index in [0.29, 0.717) is 11.5 Å². The zero-order valence-corrected chi connectivity index (χ0v) is 17.5. The number of aromatic nitrogens is 3. The van der Waals surface area contributed by atoms with E-state index in [1.165, 1.54) is 4.68 Å². The standard InChI is InChI=1S/C20H27FN8O2/c1-20(11-31-12-20)28-6-4-27(5-7-28)15-2-3-23-9-14(15)25-19(30)16-17(22)26-29-10-13(21)8-24-18(16)29/h2-3,9,13,24H,4-8,10-12H2,1H3,(H2,22,26)(H,25,30). The highest BCUT2D eigenvalue weighted by Gasteiger charge is 2.40. The summed E-state index contributed by atoms with van der Waals surface area (Å²) >= 11 is 0. The fraction of sp³-hybridized carbons (Fsp3) is 0.550. The van der Waals surface area contributed by atoms with Crippen LogP contribution in [0.5, 0.6) is 0 Å². The molecule has 1 atom stereocenters. The lowest BCUT2D eigenvalue weighted by atomic mass is 9.97. The normalized spacial score (nSPS) is 22.9. The van der Waals surface area contributed by atoms with Crippen molar-refractivity contribution in [2.24, 2.45) is 0 Å². The van der Waals surface area contributed by atoms with Gasteiger partial charge in [-0.3, -0.25) is 14.7 Å². The topological polar surface area (TPSA) is 114 Å². The Bertz CT molecular complexity index is 984. The number of carbonyl (C=O) groups is 1. The maximum atomic E-state index is 13.6. The molecule has 1 unspecified atom stereocenters. The number of amides is 1. The van der Waals surface area contributed by atoms with Crippen molar-refractivity contribution in [1.29, 1.82) is 0 Å². The van der Waals surface area contributed by atoms with E-state index in [9.17, 15) is 9.18 Å². The molecular formula is C20H27FN8O2. The number of nitrogens with two attached hydrogens (primary N) is 1. The van der Waals surface area contributed by atoms with Crippen LogP contribution in [0.3, 0.4) is 0 Å². The first-order chi connectivity index (χ1) is 14.9. The summed E-state index contributed by atoms with van der Waals surface area (Å²) in [6.45, 7) is 7.52. The van der Waals surface area contributed by atoms with E-state index in [0.717, 1.165) is 45.1 Å². The molecule has 1 amide bonds. The number of anilines is 4. The Morgan fingerprint density at radius 1 is 1.35 bits per heavy atom. The van der Waals surface area contributed by atoms with Gasteiger partial charge in [0.05, 0.1) is 42.9 Å². The van der Waals surface area contributed by atoms with Crippen LogP contribution >= 0.6 is 0 Å². The van der Waals surface area contributed by atoms with E-state index in [1.54, 1.807) is 12.4 Å². The zero-order chi connectivity index (χ0) is 21.6. The number of pyridine rings is 1. The predicted octanol–water partition coefficient (Wildman–Crippen LogP) is 0.787. The van der Waals surface area contributed by atoms with Crippen LogP contribution in [0.2, 0.25) is 0 Å². The van der Waals surface area contributed by atoms with Crippen LogP contribution in [0.25, 0.3) is 0 Å². The van der Waals surface area contributed by atoms with Crippen molar-refractivity contribution in [1.82, 2.24) is 19.7 Å². The van der Waals surface area contributed by atoms with Gasteiger partial charge in [0.1, 0.15) is 17.6 Å². The molecule has 2 aromatic rings. The number of alkyl halides is 1. The van der Waals surface area contributed by atoms with Crippen LogP contribution in [-0.2, 0) is 11.3 Å². The third-order valence-electron chi connectivity index (χ3n) is 6.32. The Kier molecular flexibility index (Phi) is 4.94. The van der Waals surface area contributed by atoms with Crippen molar-refractivity contribution in [2.75, 3.05) is 67.2 Å². The average Bonchev–Trinajstić information content (AvgIpc) is 3.07. The summed E-state index contributed by atoms with van der Waals surface area (Å²) in [5.74, 6) is 0.124. The largest absolute Gasteiger partial charge is 0.381 e. The molecule has 2 saturated heterocycles. The third kappa shape index (κ3) is 3.57. The van der Waals surface area contributed by atoms with Crippen LogP contribution in [0.1, 0.15) is 17.3 Å². The molecule has 5 heterocycles. The monoisotopic (exact) mass is 430 g/mol. The SMILES string of the molecule is CC1(N2CCN(c3ccncc3NC(=O)c3c(N)nn4c3NCC(F)C4)CC2)COC1. The molecule has 0 bridgehead atoms. The van der Waals surface area contributed by atoms with Crippen LogP contribution < -0.4 is 21.3 Å². The molecule has 166 valence electrons. The van der Waals surface area contributed by atoms with E-state index in [2.05, 4.69) is 37.4 Å². The Morgan fingerprint density at radius 2 is 2.13 bits per heavy atom. The van der Waals surface area contributed by atoms with E-state index in [4.69, 9.17) is 10.5 Å². The molecule has 2 fully saturated rings. The van der Waals surface area contributed by atoms with Gasteiger partial charge in [0.15, 0.2) is 5.82 Å². The highest BCUT2D eigenvalue weighted by Crippen LogP contribution is 2.32. The maximum absolute atomic E-state index is 13.6. The minimum Gasteiger partial charge on any atom is -0.381 e. The number of carbonyl (C=O) groups excluding carboxylic acids is 1. The second-order valence-electron chi connectivity index (χ2n) is 8.58. The first kappa shape index (κ1) is 20.0. The molecule has 0 spiro atoms. The van der Waals surface area contributed by atoms with E-state index >= 15 is 0 Å². The summed E-state index contributed by atoms with van der Waals surface area (Å²) in [5.41, 5.74) is 7.86. The summed E-state index contributed by atoms with van der Waals surface area (Å²) in [5, 5.41) is 9.96. The Hall–Kier alpha value is -2.92. The number of rotatable bonds is 4. The summed E-state index contributed by atoms with van der Waals surface area (Å²) in [6.07, 6.45) is 2.29. The fourth-order valence-electron chi connectivity index (χ4n) is 4.49. The number of halogens is 1. The lowest BCUT2D eigenvalue weighted by molar-refractivity contribution is -0.131. The summed E-state index contributed by atoms with van der Waals surface area (Å²) in [6, 6.07) is 1.90. The maximum Gasteiger partial charge on any atom is 0.263 e. The number of piperazine rings is 1. The van der Waals surface area contributed by atoms with E-state index in [-0.39, 0.29) is 30.0 Å². The van der Waals surface area contributed by atoms with Gasteiger partial charge in [0.25, 0.3) is 5.91 Å². The summed E-state index contributed by atoms with van der Waals surface area (Å²) < 4.78 is 20.5. The molecule has 31 heavy (non-hydrogen) atoms. The van der Waals surface area contributed by atoms with Crippen molar-refractivity contribution in [3.05, 3.63) is 24.0 Å². The molecule has 0 radical (unpaired) electrons. The van der Waals surface area contributed by atoms with Crippen molar-refractivity contribution in [2.45, 2.75) is 25.2 Å². The molecule has 11 heteroatoms. The molecule has 0 aromatic carbocycles. The quantitative estimate of drug-likeness (QED) is 0.653. The van der Waals surface area contributed by atoms with Crippen LogP contribution in [-0.4, -0.2) is 83.2 Å². The van der Waals surface area contributed by atoms with Gasteiger partial charge in [0.2, 0.25) is 0 Å². The van der Waals surface area contributed by atoms with Gasteiger partial charge in [-0.05, 0) is 13.0 Å². The molecule has 3 aliphatic rings. The molecule has 4 N–H and O–H groups in total. The van der Waals surface area contributed by atoms with Gasteiger partial charge in [-0.2, -0.15) is 5.10 Å². The van der Waals surface area contributed by atoms with Gasteiger partial charge in [0, 0.05) is 38.9 Å². The van der Waals surface area contributed by atoms with Gasteiger partial charge in [-0.25, -0.2) is 9.07 Å². The molecule has 2 aromatic heterocycles. The Balaban J connectivity index is 1.32. The number of nitrogen functional groups attached to an aromatic ring is 1. The number of nitrogens with zero attached hydrogens (tertiary/aromatic N) is 5. The Labute approximate surface area is 179 Å². The summed E-state index contributed by atoms with van der Waals surface area (Å²) in [7, 11) is 0. The minimum absolute atomic E-state index is 0.0733. The minimum atomic E-state index is -1.07. The van der Waals surface area contributed by atoms with Gasteiger partial charge in [-0.1, -0.05) is 0 Å². The number of nitrogens with one attached hydrogen (secondary N) is 2.